The van der Waals surface area contributed by atoms with Gasteiger partial charge in [0.25, 0.3) is 0 Å². The first-order valence-corrected chi connectivity index (χ1v) is 6.20. The zero-order valence-electron chi connectivity index (χ0n) is 9.76. The predicted octanol–water partition coefficient (Wildman–Crippen LogP) is 1.85. The molecule has 2 aliphatic rings. The lowest BCUT2D eigenvalue weighted by Crippen LogP contribution is -2.47. The Morgan fingerprint density at radius 1 is 1.31 bits per heavy atom. The molecule has 2 fully saturated rings. The van der Waals surface area contributed by atoms with Crippen molar-refractivity contribution >= 4 is 5.69 Å². The van der Waals surface area contributed by atoms with E-state index in [4.69, 9.17) is 5.73 Å². The van der Waals surface area contributed by atoms with Gasteiger partial charge >= 0.3 is 0 Å². The fourth-order valence-electron chi connectivity index (χ4n) is 3.33. The summed E-state index contributed by atoms with van der Waals surface area (Å²) in [4.78, 5) is 6.85. The fraction of sp³-hybridized carbons (Fsp3) is 0.615. The van der Waals surface area contributed by atoms with Gasteiger partial charge in [-0.25, -0.2) is 0 Å². The van der Waals surface area contributed by atoms with Crippen molar-refractivity contribution in [3.8, 4) is 0 Å². The number of aromatic nitrogens is 1. The summed E-state index contributed by atoms with van der Waals surface area (Å²) in [6.45, 7) is 2.06. The summed E-state index contributed by atoms with van der Waals surface area (Å²) in [5, 5.41) is 0. The highest BCUT2D eigenvalue weighted by Crippen LogP contribution is 2.38. The van der Waals surface area contributed by atoms with Crippen LogP contribution in [0.1, 0.15) is 31.4 Å². The van der Waals surface area contributed by atoms with Gasteiger partial charge in [-0.2, -0.15) is 0 Å². The van der Waals surface area contributed by atoms with Gasteiger partial charge in [-0.1, -0.05) is 0 Å². The molecule has 1 aromatic heterocycles. The summed E-state index contributed by atoms with van der Waals surface area (Å²) >= 11 is 0. The first-order chi connectivity index (χ1) is 7.74. The lowest BCUT2D eigenvalue weighted by Gasteiger charge is -2.39. The highest BCUT2D eigenvalue weighted by molar-refractivity contribution is 5.50. The summed E-state index contributed by atoms with van der Waals surface area (Å²) in [7, 11) is 0. The Labute approximate surface area is 96.7 Å². The maximum atomic E-state index is 6.09. The van der Waals surface area contributed by atoms with Gasteiger partial charge in [0.15, 0.2) is 0 Å². The molecule has 0 aliphatic carbocycles. The maximum Gasteiger partial charge on any atom is 0.0404 e. The molecule has 86 valence electrons. The summed E-state index contributed by atoms with van der Waals surface area (Å²) in [5.74, 6) is 0. The predicted molar refractivity (Wildman–Crippen MR) is 65.5 cm³/mol. The van der Waals surface area contributed by atoms with Crippen LogP contribution in [0, 0.1) is 6.92 Å². The molecule has 3 heterocycles. The highest BCUT2D eigenvalue weighted by atomic mass is 15.2. The van der Waals surface area contributed by atoms with Gasteiger partial charge in [-0.15, -0.1) is 0 Å². The fourth-order valence-corrected chi connectivity index (χ4v) is 3.33. The molecule has 0 amide bonds. The van der Waals surface area contributed by atoms with Crippen LogP contribution >= 0.6 is 0 Å². The number of rotatable bonds is 1. The van der Waals surface area contributed by atoms with E-state index >= 15 is 0 Å². The van der Waals surface area contributed by atoms with E-state index < -0.39 is 0 Å². The van der Waals surface area contributed by atoms with Crippen molar-refractivity contribution in [1.29, 1.82) is 0 Å². The van der Waals surface area contributed by atoms with Gasteiger partial charge in [-0.05, 0) is 44.7 Å². The average molecular weight is 217 g/mol. The zero-order chi connectivity index (χ0) is 11.1. The normalized spacial score (nSPS) is 33.1. The van der Waals surface area contributed by atoms with E-state index in [2.05, 4.69) is 28.9 Å². The second kappa shape index (κ2) is 3.74. The third-order valence-electron chi connectivity index (χ3n) is 3.95. The SMILES string of the molecule is Cc1cc(N2C3CCC2CC(N)C3)ccn1. The van der Waals surface area contributed by atoms with E-state index in [1.807, 2.05) is 6.20 Å². The second-order valence-corrected chi connectivity index (χ2v) is 5.18. The van der Waals surface area contributed by atoms with Crippen molar-refractivity contribution < 1.29 is 0 Å². The third-order valence-corrected chi connectivity index (χ3v) is 3.95. The summed E-state index contributed by atoms with van der Waals surface area (Å²) < 4.78 is 0. The molecule has 2 bridgehead atoms. The minimum absolute atomic E-state index is 0.414. The van der Waals surface area contributed by atoms with Crippen LogP contribution in [0.2, 0.25) is 0 Å². The molecule has 0 spiro atoms. The molecule has 3 heteroatoms. The van der Waals surface area contributed by atoms with Crippen LogP contribution in [-0.2, 0) is 0 Å². The van der Waals surface area contributed by atoms with Gasteiger partial charge in [0.1, 0.15) is 0 Å². The molecule has 3 rings (SSSR count). The summed E-state index contributed by atoms with van der Waals surface area (Å²) in [5.41, 5.74) is 8.53. The van der Waals surface area contributed by atoms with Gasteiger partial charge in [0, 0.05) is 35.7 Å². The summed E-state index contributed by atoms with van der Waals surface area (Å²) in [6.07, 6.45) is 6.83. The standard InChI is InChI=1S/C13H19N3/c1-9-6-13(4-5-15-9)16-11-2-3-12(16)8-10(14)7-11/h4-6,10-12H,2-3,7-8,14H2,1H3. The number of nitrogens with zero attached hydrogens (tertiary/aromatic N) is 2. The van der Waals surface area contributed by atoms with Gasteiger partial charge in [-0.3, -0.25) is 4.98 Å². The molecule has 0 radical (unpaired) electrons. The Morgan fingerprint density at radius 2 is 2.00 bits per heavy atom. The Balaban J connectivity index is 1.91. The number of aryl methyl sites for hydroxylation is 1. The molecular formula is C13H19N3. The van der Waals surface area contributed by atoms with Gasteiger partial charge in [0.05, 0.1) is 0 Å². The Kier molecular flexibility index (Phi) is 2.36. The number of hydrogen-bond acceptors (Lipinski definition) is 3. The Bertz CT molecular complexity index is 377. The highest BCUT2D eigenvalue weighted by Gasteiger charge is 2.39. The van der Waals surface area contributed by atoms with Crippen LogP contribution in [0.5, 0.6) is 0 Å². The van der Waals surface area contributed by atoms with Crippen LogP contribution in [-0.4, -0.2) is 23.1 Å². The van der Waals surface area contributed by atoms with E-state index in [1.165, 1.54) is 18.5 Å². The molecule has 0 saturated carbocycles. The molecule has 1 aromatic rings. The number of pyridine rings is 1. The van der Waals surface area contributed by atoms with Crippen molar-refractivity contribution in [2.75, 3.05) is 4.90 Å². The molecule has 2 unspecified atom stereocenters. The zero-order valence-corrected chi connectivity index (χ0v) is 9.76. The number of hydrogen-bond donors (Lipinski definition) is 1. The number of piperidine rings is 1. The van der Waals surface area contributed by atoms with Crippen molar-refractivity contribution in [1.82, 2.24) is 4.98 Å². The lowest BCUT2D eigenvalue weighted by molar-refractivity contribution is 0.414. The number of fused-ring (bicyclic) bond motifs is 2. The molecular weight excluding hydrogens is 198 g/mol. The smallest absolute Gasteiger partial charge is 0.0404 e. The van der Waals surface area contributed by atoms with Crippen LogP contribution in [0.25, 0.3) is 0 Å². The van der Waals surface area contributed by atoms with E-state index in [-0.39, 0.29) is 0 Å². The quantitative estimate of drug-likeness (QED) is 0.780. The van der Waals surface area contributed by atoms with Crippen molar-refractivity contribution in [2.45, 2.75) is 50.7 Å². The van der Waals surface area contributed by atoms with Crippen molar-refractivity contribution in [2.24, 2.45) is 5.73 Å². The maximum absolute atomic E-state index is 6.09. The topological polar surface area (TPSA) is 42.1 Å². The molecule has 0 aromatic carbocycles. The van der Waals surface area contributed by atoms with E-state index in [0.29, 0.717) is 18.1 Å². The number of nitrogens with two attached hydrogens (primary N) is 1. The van der Waals surface area contributed by atoms with Crippen molar-refractivity contribution in [3.05, 3.63) is 24.0 Å². The second-order valence-electron chi connectivity index (χ2n) is 5.18. The first kappa shape index (κ1) is 10.1. The molecule has 2 atom stereocenters. The molecule has 2 saturated heterocycles. The minimum atomic E-state index is 0.414. The Hall–Kier alpha value is -1.09. The monoisotopic (exact) mass is 217 g/mol. The molecule has 16 heavy (non-hydrogen) atoms. The first-order valence-electron chi connectivity index (χ1n) is 6.20. The third kappa shape index (κ3) is 1.59. The average Bonchev–Trinajstić information content (AvgIpc) is 2.51. The van der Waals surface area contributed by atoms with Gasteiger partial charge in [0.2, 0.25) is 0 Å². The van der Waals surface area contributed by atoms with E-state index in [1.54, 1.807) is 0 Å². The molecule has 2 aliphatic heterocycles. The minimum Gasteiger partial charge on any atom is -0.365 e. The number of anilines is 1. The van der Waals surface area contributed by atoms with E-state index in [9.17, 15) is 0 Å². The van der Waals surface area contributed by atoms with Crippen LogP contribution in [0.3, 0.4) is 0 Å². The van der Waals surface area contributed by atoms with Crippen LogP contribution in [0.15, 0.2) is 18.3 Å². The molecule has 3 nitrogen and oxygen atoms in total. The van der Waals surface area contributed by atoms with Gasteiger partial charge < -0.3 is 10.6 Å². The van der Waals surface area contributed by atoms with Crippen LogP contribution < -0.4 is 10.6 Å². The van der Waals surface area contributed by atoms with Crippen LogP contribution in [0.4, 0.5) is 5.69 Å². The van der Waals surface area contributed by atoms with E-state index in [0.717, 1.165) is 18.5 Å². The molecule has 2 N–H and O–H groups in total. The van der Waals surface area contributed by atoms with Crippen molar-refractivity contribution in [3.63, 3.8) is 0 Å². The lowest BCUT2D eigenvalue weighted by atomic mass is 9.97. The Morgan fingerprint density at radius 3 is 2.62 bits per heavy atom. The largest absolute Gasteiger partial charge is 0.365 e. The summed E-state index contributed by atoms with van der Waals surface area (Å²) in [6, 6.07) is 6.07.